The van der Waals surface area contributed by atoms with Gasteiger partial charge in [0.25, 0.3) is 0 Å². The Bertz CT molecular complexity index is 642. The quantitative estimate of drug-likeness (QED) is 0.199. The Hall–Kier alpha value is -1.13. The molecular weight excluding hydrogens is 317 g/mol. The number of nitrogen functional groups attached to an aromatic ring is 1. The molecule has 22 heavy (non-hydrogen) atoms. The van der Waals surface area contributed by atoms with Crippen LogP contribution in [0.1, 0.15) is 0 Å². The molecular formula is C13H12N3NaO4S. The molecule has 7 nitrogen and oxygen atoms in total. The van der Waals surface area contributed by atoms with E-state index in [2.05, 4.69) is 19.6 Å². The number of ether oxygens (including phenoxy) is 1. The first-order chi connectivity index (χ1) is 10.2. The van der Waals surface area contributed by atoms with Crippen molar-refractivity contribution in [3.05, 3.63) is 42.5 Å². The molecule has 0 amide bonds. The van der Waals surface area contributed by atoms with Crippen LogP contribution < -0.4 is 45.3 Å². The van der Waals surface area contributed by atoms with Gasteiger partial charge in [0.15, 0.2) is 0 Å². The third-order valence-corrected chi connectivity index (χ3v) is 3.04. The van der Waals surface area contributed by atoms with Crippen molar-refractivity contribution in [2.24, 2.45) is 10.2 Å². The largest absolute Gasteiger partial charge is 1.00 e. The van der Waals surface area contributed by atoms with Gasteiger partial charge in [0.1, 0.15) is 5.75 Å². The van der Waals surface area contributed by atoms with Gasteiger partial charge < -0.3 is 15.7 Å². The SMILES string of the molecule is COc1cc(N=Nc2cccc(SOO[O-])c2)ccc1N.[Na+]. The molecule has 0 radical (unpaired) electrons. The number of hydrogen-bond acceptors (Lipinski definition) is 8. The van der Waals surface area contributed by atoms with Crippen molar-refractivity contribution in [2.45, 2.75) is 4.90 Å². The summed E-state index contributed by atoms with van der Waals surface area (Å²) >= 11 is 0.791. The number of rotatable bonds is 6. The van der Waals surface area contributed by atoms with Gasteiger partial charge in [-0.05, 0) is 30.3 Å². The maximum Gasteiger partial charge on any atom is 1.00 e. The van der Waals surface area contributed by atoms with Crippen LogP contribution >= 0.6 is 12.0 Å². The smallest absolute Gasteiger partial charge is 0.691 e. The number of nitrogens with two attached hydrogens (primary N) is 1. The minimum atomic E-state index is 0. The number of anilines is 1. The van der Waals surface area contributed by atoms with Crippen LogP contribution in [0.5, 0.6) is 5.75 Å². The molecule has 2 aromatic rings. The molecule has 0 unspecified atom stereocenters. The monoisotopic (exact) mass is 329 g/mol. The van der Waals surface area contributed by atoms with Crippen molar-refractivity contribution in [2.75, 3.05) is 12.8 Å². The molecule has 0 bridgehead atoms. The van der Waals surface area contributed by atoms with Crippen molar-refractivity contribution in [3.8, 4) is 5.75 Å². The molecule has 0 fully saturated rings. The Morgan fingerprint density at radius 1 is 1.09 bits per heavy atom. The molecule has 0 aromatic heterocycles. The second-order valence-corrected chi connectivity index (χ2v) is 4.62. The summed E-state index contributed by atoms with van der Waals surface area (Å²) in [6, 6.07) is 12.1. The van der Waals surface area contributed by atoms with Gasteiger partial charge in [-0.15, -0.1) is 0 Å². The summed E-state index contributed by atoms with van der Waals surface area (Å²) in [5.41, 5.74) is 7.47. The summed E-state index contributed by atoms with van der Waals surface area (Å²) < 4.78 is 9.35. The molecule has 0 spiro atoms. The normalized spacial score (nSPS) is 10.5. The molecule has 0 atom stereocenters. The Morgan fingerprint density at radius 2 is 1.82 bits per heavy atom. The van der Waals surface area contributed by atoms with Gasteiger partial charge in [0.2, 0.25) is 0 Å². The van der Waals surface area contributed by atoms with Crippen molar-refractivity contribution in [1.82, 2.24) is 0 Å². The fourth-order valence-corrected chi connectivity index (χ4v) is 1.94. The van der Waals surface area contributed by atoms with Gasteiger partial charge in [0.05, 0.1) is 36.2 Å². The fraction of sp³-hybridized carbons (Fsp3) is 0.0769. The van der Waals surface area contributed by atoms with Crippen LogP contribution in [0.25, 0.3) is 0 Å². The van der Waals surface area contributed by atoms with Crippen molar-refractivity contribution >= 4 is 29.1 Å². The van der Waals surface area contributed by atoms with E-state index in [1.165, 1.54) is 7.11 Å². The van der Waals surface area contributed by atoms with Gasteiger partial charge in [-0.1, -0.05) is 6.07 Å². The Kier molecular flexibility index (Phi) is 8.43. The summed E-state index contributed by atoms with van der Waals surface area (Å²) in [5.74, 6) is 0.539. The Morgan fingerprint density at radius 3 is 2.50 bits per heavy atom. The van der Waals surface area contributed by atoms with E-state index in [-0.39, 0.29) is 29.6 Å². The first kappa shape index (κ1) is 18.9. The number of nitrogens with zero attached hydrogens (tertiary/aromatic N) is 2. The van der Waals surface area contributed by atoms with Crippen molar-refractivity contribution < 1.29 is 48.9 Å². The van der Waals surface area contributed by atoms with Gasteiger partial charge in [-0.2, -0.15) is 14.6 Å². The number of hydrogen-bond donors (Lipinski definition) is 1. The summed E-state index contributed by atoms with van der Waals surface area (Å²) in [6.07, 6.45) is 0. The van der Waals surface area contributed by atoms with Crippen LogP contribution in [0.2, 0.25) is 0 Å². The minimum Gasteiger partial charge on any atom is -0.691 e. The van der Waals surface area contributed by atoms with Crippen LogP contribution in [0, 0.1) is 0 Å². The Labute approximate surface area is 153 Å². The molecule has 9 heteroatoms. The van der Waals surface area contributed by atoms with E-state index in [0.29, 0.717) is 27.7 Å². The summed E-state index contributed by atoms with van der Waals surface area (Å²) in [7, 11) is 1.53. The zero-order chi connectivity index (χ0) is 15.1. The fourth-order valence-electron chi connectivity index (χ4n) is 1.53. The van der Waals surface area contributed by atoms with E-state index in [1.54, 1.807) is 42.5 Å². The van der Waals surface area contributed by atoms with Crippen molar-refractivity contribution in [1.29, 1.82) is 0 Å². The van der Waals surface area contributed by atoms with Crippen molar-refractivity contribution in [3.63, 3.8) is 0 Å². The van der Waals surface area contributed by atoms with Crippen LogP contribution in [0.3, 0.4) is 0 Å². The molecule has 0 aliphatic rings. The zero-order valence-corrected chi connectivity index (χ0v) is 14.9. The molecule has 0 saturated carbocycles. The van der Waals surface area contributed by atoms with E-state index >= 15 is 0 Å². The Balaban J connectivity index is 0.00000242. The van der Waals surface area contributed by atoms with Gasteiger partial charge in [-0.25, -0.2) is 0 Å². The van der Waals surface area contributed by atoms with E-state index in [1.807, 2.05) is 0 Å². The third-order valence-electron chi connectivity index (χ3n) is 2.47. The van der Waals surface area contributed by atoms with E-state index in [4.69, 9.17) is 10.5 Å². The minimum absolute atomic E-state index is 0. The topological polar surface area (TPSA) is 101 Å². The van der Waals surface area contributed by atoms with Gasteiger partial charge >= 0.3 is 29.6 Å². The second-order valence-electron chi connectivity index (χ2n) is 3.84. The van der Waals surface area contributed by atoms with Gasteiger partial charge in [0, 0.05) is 11.0 Å². The predicted molar refractivity (Wildman–Crippen MR) is 76.1 cm³/mol. The molecule has 2 rings (SSSR count). The molecule has 2 N–H and O–H groups in total. The average Bonchev–Trinajstić information content (AvgIpc) is 2.52. The van der Waals surface area contributed by atoms with Gasteiger partial charge in [-0.3, -0.25) is 5.04 Å². The maximum atomic E-state index is 9.78. The van der Waals surface area contributed by atoms with Crippen LogP contribution in [0.4, 0.5) is 17.1 Å². The molecule has 0 saturated heterocycles. The molecule has 2 aromatic carbocycles. The van der Waals surface area contributed by atoms with Crippen LogP contribution in [0.15, 0.2) is 57.6 Å². The summed E-state index contributed by atoms with van der Waals surface area (Å²) in [5, 5.41) is 21.2. The summed E-state index contributed by atoms with van der Waals surface area (Å²) in [6.45, 7) is 0. The molecule has 0 heterocycles. The van der Waals surface area contributed by atoms with E-state index in [9.17, 15) is 5.26 Å². The van der Waals surface area contributed by atoms with Crippen LogP contribution in [-0.4, -0.2) is 7.11 Å². The zero-order valence-electron chi connectivity index (χ0n) is 12.1. The standard InChI is InChI=1S/C13H13N3O4S.Na/c1-18-13-8-10(5-6-12(13)14)16-15-9-3-2-4-11(7-9)21-20-19-17;/h2-8,17H,14H2,1H3;/q;+1/p-1. The summed E-state index contributed by atoms with van der Waals surface area (Å²) in [4.78, 5) is 0.664. The number of methoxy groups -OCH3 is 1. The average molecular weight is 329 g/mol. The van der Waals surface area contributed by atoms with E-state index in [0.717, 1.165) is 12.0 Å². The first-order valence-corrected chi connectivity index (χ1v) is 6.55. The molecule has 0 aliphatic heterocycles. The second kappa shape index (κ2) is 9.80. The molecule has 110 valence electrons. The third kappa shape index (κ3) is 5.58. The predicted octanol–water partition coefficient (Wildman–Crippen LogP) is -0.0726. The first-order valence-electron chi connectivity index (χ1n) is 5.81. The number of benzene rings is 2. The maximum absolute atomic E-state index is 9.78. The van der Waals surface area contributed by atoms with E-state index < -0.39 is 0 Å². The van der Waals surface area contributed by atoms with Crippen LogP contribution in [-0.2, 0) is 9.37 Å². The molecule has 0 aliphatic carbocycles. The number of azo groups is 1.